The van der Waals surface area contributed by atoms with Crippen LogP contribution < -0.4 is 5.73 Å². The summed E-state index contributed by atoms with van der Waals surface area (Å²) in [6.45, 7) is 4.49. The largest absolute Gasteiger partial charge is 0.383 e. The van der Waals surface area contributed by atoms with E-state index in [1.165, 1.54) is 12.8 Å². The minimum atomic E-state index is 0.230. The van der Waals surface area contributed by atoms with Gasteiger partial charge in [-0.3, -0.25) is 4.90 Å². The first-order valence-corrected chi connectivity index (χ1v) is 5.87. The molecular weight excluding hydrogens is 192 g/mol. The minimum Gasteiger partial charge on any atom is -0.383 e. The van der Waals surface area contributed by atoms with Crippen molar-refractivity contribution >= 4 is 0 Å². The van der Waals surface area contributed by atoms with E-state index in [9.17, 15) is 0 Å². The standard InChI is InChI=1S/C11H22N2O2/c1-14-5-4-13(10-2-3-10)6-9-7-15-8-11(9)12/h9-11H,2-8,12H2,1H3. The molecular formula is C11H22N2O2. The van der Waals surface area contributed by atoms with E-state index in [0.717, 1.165) is 39.0 Å². The third-order valence-corrected chi connectivity index (χ3v) is 3.36. The molecule has 2 fully saturated rings. The molecule has 1 heterocycles. The van der Waals surface area contributed by atoms with E-state index in [-0.39, 0.29) is 6.04 Å². The van der Waals surface area contributed by atoms with Crippen molar-refractivity contribution in [1.82, 2.24) is 4.90 Å². The number of hydrogen-bond acceptors (Lipinski definition) is 4. The molecule has 0 radical (unpaired) electrons. The van der Waals surface area contributed by atoms with Crippen molar-refractivity contribution in [3.63, 3.8) is 0 Å². The minimum absolute atomic E-state index is 0.230. The van der Waals surface area contributed by atoms with Gasteiger partial charge in [0.1, 0.15) is 0 Å². The van der Waals surface area contributed by atoms with Crippen molar-refractivity contribution in [2.45, 2.75) is 24.9 Å². The highest BCUT2D eigenvalue weighted by atomic mass is 16.5. The van der Waals surface area contributed by atoms with Crippen LogP contribution in [0.25, 0.3) is 0 Å². The summed E-state index contributed by atoms with van der Waals surface area (Å²) in [6, 6.07) is 1.02. The lowest BCUT2D eigenvalue weighted by Crippen LogP contribution is -2.40. The highest BCUT2D eigenvalue weighted by Gasteiger charge is 2.33. The van der Waals surface area contributed by atoms with E-state index in [1.807, 2.05) is 0 Å². The Morgan fingerprint density at radius 2 is 2.20 bits per heavy atom. The van der Waals surface area contributed by atoms with Gasteiger partial charge in [0, 0.05) is 38.2 Å². The summed E-state index contributed by atoms with van der Waals surface area (Å²) in [7, 11) is 1.76. The fourth-order valence-electron chi connectivity index (χ4n) is 2.18. The smallest absolute Gasteiger partial charge is 0.0621 e. The fourth-order valence-corrected chi connectivity index (χ4v) is 2.18. The predicted molar refractivity (Wildman–Crippen MR) is 58.8 cm³/mol. The van der Waals surface area contributed by atoms with Gasteiger partial charge in [-0.25, -0.2) is 0 Å². The first-order valence-electron chi connectivity index (χ1n) is 5.87. The molecule has 0 bridgehead atoms. The molecule has 1 saturated carbocycles. The Kier molecular flexibility index (Phi) is 3.97. The van der Waals surface area contributed by atoms with E-state index in [0.29, 0.717) is 5.92 Å². The molecule has 2 atom stereocenters. The van der Waals surface area contributed by atoms with Crippen molar-refractivity contribution in [3.8, 4) is 0 Å². The summed E-state index contributed by atoms with van der Waals surface area (Å²) < 4.78 is 10.5. The molecule has 88 valence electrons. The molecule has 15 heavy (non-hydrogen) atoms. The molecule has 0 aromatic rings. The number of methoxy groups -OCH3 is 1. The number of rotatable bonds is 6. The average molecular weight is 214 g/mol. The maximum Gasteiger partial charge on any atom is 0.0621 e. The lowest BCUT2D eigenvalue weighted by molar-refractivity contribution is 0.123. The summed E-state index contributed by atoms with van der Waals surface area (Å²) in [5.74, 6) is 0.516. The van der Waals surface area contributed by atoms with Crippen LogP contribution in [0.5, 0.6) is 0 Å². The summed E-state index contributed by atoms with van der Waals surface area (Å²) in [5.41, 5.74) is 5.99. The second kappa shape index (κ2) is 5.25. The van der Waals surface area contributed by atoms with Crippen molar-refractivity contribution in [2.24, 2.45) is 11.7 Å². The molecule has 0 spiro atoms. The molecule has 1 aliphatic carbocycles. The van der Waals surface area contributed by atoms with E-state index in [1.54, 1.807) is 7.11 Å². The third-order valence-electron chi connectivity index (χ3n) is 3.36. The van der Waals surface area contributed by atoms with Gasteiger partial charge in [0.05, 0.1) is 19.8 Å². The van der Waals surface area contributed by atoms with Gasteiger partial charge < -0.3 is 15.2 Å². The lowest BCUT2D eigenvalue weighted by atomic mass is 10.0. The second-order valence-corrected chi connectivity index (χ2v) is 4.68. The van der Waals surface area contributed by atoms with Crippen LogP contribution >= 0.6 is 0 Å². The quantitative estimate of drug-likeness (QED) is 0.680. The highest BCUT2D eigenvalue weighted by molar-refractivity contribution is 4.88. The first kappa shape index (κ1) is 11.3. The molecule has 0 amide bonds. The van der Waals surface area contributed by atoms with Gasteiger partial charge in [0.2, 0.25) is 0 Å². The highest BCUT2D eigenvalue weighted by Crippen LogP contribution is 2.28. The van der Waals surface area contributed by atoms with E-state index >= 15 is 0 Å². The van der Waals surface area contributed by atoms with Gasteiger partial charge in [-0.15, -0.1) is 0 Å². The molecule has 0 aromatic heterocycles. The van der Waals surface area contributed by atoms with Crippen molar-refractivity contribution in [3.05, 3.63) is 0 Å². The molecule has 4 nitrogen and oxygen atoms in total. The van der Waals surface area contributed by atoms with Gasteiger partial charge in [-0.2, -0.15) is 0 Å². The van der Waals surface area contributed by atoms with Crippen LogP contribution in [0.3, 0.4) is 0 Å². The summed E-state index contributed by atoms with van der Waals surface area (Å²) >= 11 is 0. The van der Waals surface area contributed by atoms with Crippen LogP contribution in [-0.2, 0) is 9.47 Å². The SMILES string of the molecule is COCCN(CC1COCC1N)C1CC1. The third kappa shape index (κ3) is 3.14. The Bertz CT molecular complexity index is 197. The molecule has 2 unspecified atom stereocenters. The van der Waals surface area contributed by atoms with Gasteiger partial charge >= 0.3 is 0 Å². The van der Waals surface area contributed by atoms with Gasteiger partial charge in [0.15, 0.2) is 0 Å². The van der Waals surface area contributed by atoms with E-state index < -0.39 is 0 Å². The molecule has 1 aliphatic heterocycles. The van der Waals surface area contributed by atoms with Crippen LogP contribution in [0.15, 0.2) is 0 Å². The zero-order chi connectivity index (χ0) is 10.7. The van der Waals surface area contributed by atoms with Gasteiger partial charge in [0.25, 0.3) is 0 Å². The number of nitrogens with two attached hydrogens (primary N) is 1. The normalized spacial score (nSPS) is 31.4. The maximum absolute atomic E-state index is 5.99. The Hall–Kier alpha value is -0.160. The van der Waals surface area contributed by atoms with E-state index in [4.69, 9.17) is 15.2 Å². The van der Waals surface area contributed by atoms with Crippen LogP contribution in [-0.4, -0.2) is 57.0 Å². The van der Waals surface area contributed by atoms with Crippen LogP contribution in [0.2, 0.25) is 0 Å². The predicted octanol–water partition coefficient (Wildman–Crippen LogP) is 0.0709. The van der Waals surface area contributed by atoms with Crippen LogP contribution in [0.1, 0.15) is 12.8 Å². The van der Waals surface area contributed by atoms with E-state index in [2.05, 4.69) is 4.90 Å². The van der Waals surface area contributed by atoms with Crippen molar-refractivity contribution in [1.29, 1.82) is 0 Å². The Balaban J connectivity index is 1.77. The molecule has 1 saturated heterocycles. The first-order chi connectivity index (χ1) is 7.31. The average Bonchev–Trinajstić information content (AvgIpc) is 2.99. The van der Waals surface area contributed by atoms with Crippen LogP contribution in [0.4, 0.5) is 0 Å². The number of ether oxygens (including phenoxy) is 2. The fraction of sp³-hybridized carbons (Fsp3) is 1.00. The van der Waals surface area contributed by atoms with Gasteiger partial charge in [-0.1, -0.05) is 0 Å². The maximum atomic E-state index is 5.99. The molecule has 0 aromatic carbocycles. The van der Waals surface area contributed by atoms with Gasteiger partial charge in [-0.05, 0) is 12.8 Å². The van der Waals surface area contributed by atoms with Crippen LogP contribution in [0, 0.1) is 5.92 Å². The number of nitrogens with zero attached hydrogens (tertiary/aromatic N) is 1. The summed E-state index contributed by atoms with van der Waals surface area (Å²) in [6.07, 6.45) is 2.68. The van der Waals surface area contributed by atoms with Crippen molar-refractivity contribution < 1.29 is 9.47 Å². The summed E-state index contributed by atoms with van der Waals surface area (Å²) in [5, 5.41) is 0. The molecule has 2 N–H and O–H groups in total. The molecule has 2 aliphatic rings. The molecule has 2 rings (SSSR count). The Labute approximate surface area is 91.7 Å². The molecule has 4 heteroatoms. The zero-order valence-corrected chi connectivity index (χ0v) is 9.52. The van der Waals surface area contributed by atoms with Crippen molar-refractivity contribution in [2.75, 3.05) is 40.0 Å². The monoisotopic (exact) mass is 214 g/mol. The Morgan fingerprint density at radius 3 is 2.73 bits per heavy atom. The lowest BCUT2D eigenvalue weighted by Gasteiger charge is -2.26. The topological polar surface area (TPSA) is 47.7 Å². The Morgan fingerprint density at radius 1 is 1.40 bits per heavy atom. The number of hydrogen-bond donors (Lipinski definition) is 1. The second-order valence-electron chi connectivity index (χ2n) is 4.68. The zero-order valence-electron chi connectivity index (χ0n) is 9.52. The summed E-state index contributed by atoms with van der Waals surface area (Å²) in [4.78, 5) is 2.52.